The summed E-state index contributed by atoms with van der Waals surface area (Å²) in [7, 11) is 0. The van der Waals surface area contributed by atoms with E-state index in [9.17, 15) is 4.79 Å². The topological polar surface area (TPSA) is 64.6 Å². The lowest BCUT2D eigenvalue weighted by molar-refractivity contribution is 0.231. The highest BCUT2D eigenvalue weighted by Gasteiger charge is 2.32. The number of urea groups is 1. The summed E-state index contributed by atoms with van der Waals surface area (Å²) in [6.07, 6.45) is 5.34. The van der Waals surface area contributed by atoms with Crippen LogP contribution in [0.2, 0.25) is 0 Å². The third kappa shape index (κ3) is 4.86. The summed E-state index contributed by atoms with van der Waals surface area (Å²) in [4.78, 5) is 30.4. The molecule has 1 atom stereocenters. The Morgan fingerprint density at radius 3 is 2.65 bits per heavy atom. The minimum Gasteiger partial charge on any atom is -0.368 e. The van der Waals surface area contributed by atoms with Gasteiger partial charge in [-0.1, -0.05) is 36.4 Å². The van der Waals surface area contributed by atoms with Crippen molar-refractivity contribution in [3.05, 3.63) is 90.3 Å². The van der Waals surface area contributed by atoms with Crippen molar-refractivity contribution in [1.29, 1.82) is 0 Å². The Labute approximate surface area is 257 Å². The molecule has 2 fully saturated rings. The highest BCUT2D eigenvalue weighted by molar-refractivity contribution is 6.11. The molecule has 2 saturated heterocycles. The number of aryl methyl sites for hydroxylation is 1. The smallest absolute Gasteiger partial charge is 0.326 e. The second kappa shape index (κ2) is 11.1. The Balaban J connectivity index is 0.00000300. The van der Waals surface area contributed by atoms with Crippen LogP contribution >= 0.6 is 12.4 Å². The van der Waals surface area contributed by atoms with Crippen LogP contribution in [0.5, 0.6) is 0 Å². The van der Waals surface area contributed by atoms with Crippen molar-refractivity contribution in [2.24, 2.45) is 0 Å². The number of aromatic nitrogens is 2. The van der Waals surface area contributed by atoms with Crippen LogP contribution in [0.25, 0.3) is 32.9 Å². The lowest BCUT2D eigenvalue weighted by atomic mass is 10.0. The van der Waals surface area contributed by atoms with Crippen molar-refractivity contribution in [2.45, 2.75) is 32.2 Å². The molecule has 2 amide bonds. The Bertz CT molecular complexity index is 1860. The lowest BCUT2D eigenvalue weighted by Gasteiger charge is -2.39. The molecule has 0 bridgehead atoms. The highest BCUT2D eigenvalue weighted by atomic mass is 35.5. The number of rotatable bonds is 3. The molecule has 5 heterocycles. The fourth-order valence-electron chi connectivity index (χ4n) is 7.23. The summed E-state index contributed by atoms with van der Waals surface area (Å²) >= 11 is 0. The maximum Gasteiger partial charge on any atom is 0.326 e. The van der Waals surface area contributed by atoms with Crippen molar-refractivity contribution >= 4 is 57.2 Å². The van der Waals surface area contributed by atoms with Crippen molar-refractivity contribution in [3.8, 4) is 11.3 Å². The molecular formula is C35H35ClN6O. The fraction of sp³-hybridized carbons (Fsp3) is 0.286. The first-order chi connectivity index (χ1) is 20.6. The first-order valence-corrected chi connectivity index (χ1v) is 15.1. The Morgan fingerprint density at radius 2 is 1.74 bits per heavy atom. The molecule has 8 rings (SSSR count). The van der Waals surface area contributed by atoms with Gasteiger partial charge in [0.05, 0.1) is 16.9 Å². The summed E-state index contributed by atoms with van der Waals surface area (Å²) in [5.74, 6) is 0. The summed E-state index contributed by atoms with van der Waals surface area (Å²) < 4.78 is 0. The van der Waals surface area contributed by atoms with Gasteiger partial charge in [-0.3, -0.25) is 19.8 Å². The molecule has 1 N–H and O–H groups in total. The van der Waals surface area contributed by atoms with Crippen LogP contribution in [0, 0.1) is 6.92 Å². The molecule has 8 heteroatoms. The standard InChI is InChI=1S/C35H34N6O.ClH/c1-23-6-2-11-30(37-23)27-9-3-10-28-26(27)8-4-12-31(28)38-35(42)41-17-14-24-20-32-29(21-34(24)41)33(13-15-36-32)40-19-18-39-16-5-7-25(39)22-40;/h2-4,6,8-13,15,20-21,25H,5,7,14,16-19,22H2,1H3,(H,38,42);1H/t25-;/m0./s1. The van der Waals surface area contributed by atoms with Gasteiger partial charge < -0.3 is 10.2 Å². The molecule has 3 aromatic carbocycles. The Morgan fingerprint density at radius 1 is 0.884 bits per heavy atom. The SMILES string of the molecule is Cc1cccc(-c2cccc3c(NC(=O)N4CCc5cc6nccc(N7CCN8CCC[C@H]8C7)c6cc54)cccc23)n1.Cl. The third-order valence-corrected chi connectivity index (χ3v) is 9.32. The molecule has 0 aliphatic carbocycles. The molecule has 0 spiro atoms. The van der Waals surface area contributed by atoms with Gasteiger partial charge in [0.15, 0.2) is 0 Å². The third-order valence-electron chi connectivity index (χ3n) is 9.32. The second-order valence-electron chi connectivity index (χ2n) is 11.8. The Kier molecular flexibility index (Phi) is 7.15. The van der Waals surface area contributed by atoms with Crippen LogP contribution in [0.15, 0.2) is 79.0 Å². The van der Waals surface area contributed by atoms with Crippen LogP contribution in [-0.2, 0) is 6.42 Å². The molecule has 0 unspecified atom stereocenters. The number of anilines is 3. The number of hydrogen-bond donors (Lipinski definition) is 1. The van der Waals surface area contributed by atoms with Gasteiger partial charge in [-0.25, -0.2) is 4.79 Å². The quantitative estimate of drug-likeness (QED) is 0.244. The van der Waals surface area contributed by atoms with Crippen molar-refractivity contribution in [3.63, 3.8) is 0 Å². The zero-order chi connectivity index (χ0) is 28.2. The number of carbonyl (C=O) groups is 1. The van der Waals surface area contributed by atoms with E-state index in [1.165, 1.54) is 30.6 Å². The molecule has 0 saturated carbocycles. The predicted octanol–water partition coefficient (Wildman–Crippen LogP) is 7.06. The van der Waals surface area contributed by atoms with Crippen molar-refractivity contribution in [2.75, 3.05) is 47.8 Å². The number of benzene rings is 3. The summed E-state index contributed by atoms with van der Waals surface area (Å²) in [5.41, 5.74) is 8.17. The number of pyridine rings is 2. The minimum absolute atomic E-state index is 0. The largest absolute Gasteiger partial charge is 0.368 e. The van der Waals surface area contributed by atoms with Gasteiger partial charge >= 0.3 is 6.03 Å². The zero-order valence-corrected chi connectivity index (χ0v) is 25.1. The Hall–Kier alpha value is -4.20. The van der Waals surface area contributed by atoms with Gasteiger partial charge in [-0.2, -0.15) is 0 Å². The van der Waals surface area contributed by atoms with E-state index in [2.05, 4.69) is 51.5 Å². The minimum atomic E-state index is -0.107. The average Bonchev–Trinajstić information content (AvgIpc) is 3.66. The monoisotopic (exact) mass is 590 g/mol. The van der Waals surface area contributed by atoms with E-state index in [1.54, 1.807) is 0 Å². The lowest BCUT2D eigenvalue weighted by Crippen LogP contribution is -2.50. The van der Waals surface area contributed by atoms with Gasteiger partial charge in [0.2, 0.25) is 0 Å². The van der Waals surface area contributed by atoms with E-state index in [-0.39, 0.29) is 18.4 Å². The van der Waals surface area contributed by atoms with E-state index < -0.39 is 0 Å². The highest BCUT2D eigenvalue weighted by Crippen LogP contribution is 2.38. The van der Waals surface area contributed by atoms with E-state index in [4.69, 9.17) is 9.97 Å². The molecule has 43 heavy (non-hydrogen) atoms. The first kappa shape index (κ1) is 27.6. The fourth-order valence-corrected chi connectivity index (χ4v) is 7.23. The van der Waals surface area contributed by atoms with Gasteiger partial charge in [0.25, 0.3) is 0 Å². The number of halogens is 1. The average molecular weight is 591 g/mol. The number of carbonyl (C=O) groups excluding carboxylic acids is 1. The summed E-state index contributed by atoms with van der Waals surface area (Å²) in [6.45, 7) is 7.08. The molecule has 0 radical (unpaired) electrons. The second-order valence-corrected chi connectivity index (χ2v) is 11.8. The number of nitrogens with one attached hydrogen (secondary N) is 1. The predicted molar refractivity (Wildman–Crippen MR) is 178 cm³/mol. The molecular weight excluding hydrogens is 556 g/mol. The maximum atomic E-state index is 13.8. The first-order valence-electron chi connectivity index (χ1n) is 15.1. The zero-order valence-electron chi connectivity index (χ0n) is 24.3. The summed E-state index contributed by atoms with van der Waals surface area (Å²) in [5, 5.41) is 6.44. The van der Waals surface area contributed by atoms with Gasteiger partial charge in [-0.05, 0) is 80.1 Å². The van der Waals surface area contributed by atoms with Gasteiger partial charge in [-0.15, -0.1) is 12.4 Å². The molecule has 7 nitrogen and oxygen atoms in total. The number of nitrogens with zero attached hydrogens (tertiary/aromatic N) is 5. The van der Waals surface area contributed by atoms with Crippen LogP contribution < -0.4 is 15.1 Å². The van der Waals surface area contributed by atoms with Crippen molar-refractivity contribution in [1.82, 2.24) is 14.9 Å². The molecule has 218 valence electrons. The van der Waals surface area contributed by atoms with E-state index >= 15 is 0 Å². The molecule has 3 aliphatic heterocycles. The summed E-state index contributed by atoms with van der Waals surface area (Å²) in [6, 6.07) is 25.4. The molecule has 3 aliphatic rings. The van der Waals surface area contributed by atoms with E-state index in [1.807, 2.05) is 54.4 Å². The van der Waals surface area contributed by atoms with Gasteiger partial charge in [0, 0.05) is 71.8 Å². The molecule has 2 aromatic heterocycles. The van der Waals surface area contributed by atoms with Crippen LogP contribution in [-0.4, -0.2) is 59.7 Å². The normalized spacial score (nSPS) is 18.0. The maximum absolute atomic E-state index is 13.8. The molecule has 5 aromatic rings. The number of piperazine rings is 1. The van der Waals surface area contributed by atoms with Crippen molar-refractivity contribution < 1.29 is 4.79 Å². The van der Waals surface area contributed by atoms with Crippen LogP contribution in [0.3, 0.4) is 0 Å². The van der Waals surface area contributed by atoms with E-state index in [0.717, 1.165) is 76.1 Å². The van der Waals surface area contributed by atoms with Crippen LogP contribution in [0.1, 0.15) is 24.1 Å². The van der Waals surface area contributed by atoms with Crippen LogP contribution in [0.4, 0.5) is 21.9 Å². The number of fused-ring (bicyclic) bond motifs is 4. The van der Waals surface area contributed by atoms with Gasteiger partial charge in [0.1, 0.15) is 0 Å². The van der Waals surface area contributed by atoms with E-state index in [0.29, 0.717) is 12.6 Å². The number of hydrogen-bond acceptors (Lipinski definition) is 5. The number of amides is 2.